The lowest BCUT2D eigenvalue weighted by atomic mass is 9.36. The predicted octanol–water partition coefficient (Wildman–Crippen LogP) is 17.5. The molecule has 0 radical (unpaired) electrons. The maximum atomic E-state index is 2.75. The Labute approximate surface area is 427 Å². The number of hydrogen-bond acceptors (Lipinski definition) is 3. The van der Waals surface area contributed by atoms with Crippen molar-refractivity contribution in [2.75, 3.05) is 9.80 Å². The summed E-state index contributed by atoms with van der Waals surface area (Å²) in [6.45, 7) is 21.1. The molecule has 3 aliphatic rings. The zero-order valence-corrected chi connectivity index (χ0v) is 43.8. The monoisotopic (exact) mass is 940 g/mol. The van der Waals surface area contributed by atoms with Crippen LogP contribution in [0.25, 0.3) is 43.5 Å². The predicted molar refractivity (Wildman–Crippen MR) is 309 cm³/mol. The van der Waals surface area contributed by atoms with Gasteiger partial charge in [-0.1, -0.05) is 203 Å². The number of hydrogen-bond donors (Lipinski definition) is 0. The highest BCUT2D eigenvalue weighted by Crippen LogP contribution is 2.53. The Kier molecular flexibility index (Phi) is 10.9. The van der Waals surface area contributed by atoms with Crippen LogP contribution in [0.5, 0.6) is 0 Å². The zero-order valence-electron chi connectivity index (χ0n) is 43.0. The summed E-state index contributed by atoms with van der Waals surface area (Å²) in [6.07, 6.45) is 5.05. The van der Waals surface area contributed by atoms with E-state index in [2.05, 4.69) is 248 Å². The van der Waals surface area contributed by atoms with Crippen molar-refractivity contribution < 1.29 is 0 Å². The Morgan fingerprint density at radius 1 is 0.451 bits per heavy atom. The standard InChI is InChI=1S/C67H65BN2S/c1-65(2,3)49-27-18-26-47(38-49)44-30-34-52(35-31-44)69-57-39-48(43-20-12-10-13-21-43)32-36-55(57)68-62-58(69)41-51(67(7,8)9)42-59(62)70(63-54-40-50(66(4,5)6)33-37-60(54)71-64(63)68)56-29-19-28-53(45-22-16-17-23-45)61(56)46-24-14-11-15-25-46/h10-15,18-21,24-42,45H,16-17,22-23H2,1-9H3. The molecule has 8 aromatic carbocycles. The number of anilines is 6. The lowest BCUT2D eigenvalue weighted by Crippen LogP contribution is -2.60. The first-order chi connectivity index (χ1) is 34.1. The van der Waals surface area contributed by atoms with Crippen molar-refractivity contribution in [2.45, 2.75) is 110 Å². The molecule has 9 aromatic rings. The van der Waals surface area contributed by atoms with E-state index in [1.807, 2.05) is 11.3 Å². The van der Waals surface area contributed by atoms with Crippen molar-refractivity contribution in [3.05, 3.63) is 198 Å². The topological polar surface area (TPSA) is 6.48 Å². The van der Waals surface area contributed by atoms with Crippen LogP contribution in [0.1, 0.15) is 116 Å². The second-order valence-electron chi connectivity index (χ2n) is 23.7. The minimum atomic E-state index is -0.142. The number of nitrogens with zero attached hydrogens (tertiary/aromatic N) is 2. The van der Waals surface area contributed by atoms with Gasteiger partial charge in [0.1, 0.15) is 0 Å². The minimum absolute atomic E-state index is 0.0126. The van der Waals surface area contributed by atoms with Crippen molar-refractivity contribution in [3.8, 4) is 33.4 Å². The molecular weight excluding hydrogens is 876 g/mol. The number of benzene rings is 8. The molecule has 1 saturated carbocycles. The Morgan fingerprint density at radius 2 is 1.03 bits per heavy atom. The number of fused-ring (bicyclic) bond motifs is 6. The molecule has 71 heavy (non-hydrogen) atoms. The van der Waals surface area contributed by atoms with Gasteiger partial charge in [-0.15, -0.1) is 11.3 Å². The summed E-state index contributed by atoms with van der Waals surface area (Å²) >= 11 is 2.00. The van der Waals surface area contributed by atoms with Gasteiger partial charge in [0.2, 0.25) is 0 Å². The highest BCUT2D eigenvalue weighted by Gasteiger charge is 2.47. The Balaban J connectivity index is 1.18. The van der Waals surface area contributed by atoms with Gasteiger partial charge >= 0.3 is 0 Å². The largest absolute Gasteiger partial charge is 0.311 e. The Morgan fingerprint density at radius 3 is 1.70 bits per heavy atom. The van der Waals surface area contributed by atoms with Crippen LogP contribution in [-0.4, -0.2) is 6.71 Å². The van der Waals surface area contributed by atoms with Crippen LogP contribution in [0.4, 0.5) is 34.1 Å². The van der Waals surface area contributed by atoms with Crippen LogP contribution >= 0.6 is 11.3 Å². The van der Waals surface area contributed by atoms with E-state index < -0.39 is 0 Å². The number of rotatable bonds is 6. The van der Waals surface area contributed by atoms with Gasteiger partial charge in [-0.2, -0.15) is 0 Å². The highest BCUT2D eigenvalue weighted by molar-refractivity contribution is 7.33. The molecule has 352 valence electrons. The molecule has 1 fully saturated rings. The van der Waals surface area contributed by atoms with E-state index >= 15 is 0 Å². The third kappa shape index (κ3) is 7.85. The number of thiophene rings is 1. The zero-order chi connectivity index (χ0) is 49.0. The fraction of sp³-hybridized carbons (Fsp3) is 0.254. The van der Waals surface area contributed by atoms with Crippen LogP contribution in [-0.2, 0) is 16.2 Å². The summed E-state index contributed by atoms with van der Waals surface area (Å²) in [5, 5.41) is 1.34. The summed E-state index contributed by atoms with van der Waals surface area (Å²) in [5.41, 5.74) is 23.3. The molecule has 2 nitrogen and oxygen atoms in total. The van der Waals surface area contributed by atoms with Crippen molar-refractivity contribution in [2.24, 2.45) is 0 Å². The van der Waals surface area contributed by atoms with Gasteiger partial charge in [0.15, 0.2) is 0 Å². The summed E-state index contributed by atoms with van der Waals surface area (Å²) < 4.78 is 2.75. The van der Waals surface area contributed by atoms with Gasteiger partial charge in [0.05, 0.1) is 11.4 Å². The molecule has 1 aromatic heterocycles. The molecule has 4 heteroatoms. The van der Waals surface area contributed by atoms with Crippen molar-refractivity contribution in [1.82, 2.24) is 0 Å². The lowest BCUT2D eigenvalue weighted by molar-refractivity contribution is 0.590. The SMILES string of the molecule is CC(C)(C)c1cccc(-c2ccc(N3c4cc(-c5ccccc5)ccc4B4c5sc6ccc(C(C)(C)C)cc6c5N(c5cccc(C6CCCC6)c5-c5ccccc5)c5cc(C(C)(C)C)cc3c54)cc2)c1. The van der Waals surface area contributed by atoms with E-state index in [0.717, 1.165) is 5.69 Å². The average Bonchev–Trinajstić information content (AvgIpc) is 4.05. The van der Waals surface area contributed by atoms with Gasteiger partial charge < -0.3 is 9.80 Å². The molecule has 0 spiro atoms. The molecule has 0 N–H and O–H groups in total. The van der Waals surface area contributed by atoms with Crippen LogP contribution in [0.3, 0.4) is 0 Å². The Hall–Kier alpha value is -6.62. The second kappa shape index (κ2) is 17.0. The van der Waals surface area contributed by atoms with Gasteiger partial charge in [-0.05, 0) is 145 Å². The fourth-order valence-corrected chi connectivity index (χ4v) is 13.2. The van der Waals surface area contributed by atoms with Gasteiger partial charge in [0.25, 0.3) is 6.71 Å². The van der Waals surface area contributed by atoms with Crippen molar-refractivity contribution in [3.63, 3.8) is 0 Å². The van der Waals surface area contributed by atoms with Crippen LogP contribution in [0.15, 0.2) is 176 Å². The smallest absolute Gasteiger partial charge is 0.264 e. The first-order valence-corrected chi connectivity index (χ1v) is 26.9. The first kappa shape index (κ1) is 45.5. The minimum Gasteiger partial charge on any atom is -0.311 e. The van der Waals surface area contributed by atoms with Crippen LogP contribution in [0, 0.1) is 0 Å². The summed E-state index contributed by atoms with van der Waals surface area (Å²) in [6, 6.07) is 67.8. The molecule has 12 rings (SSSR count). The van der Waals surface area contributed by atoms with E-state index in [1.165, 1.54) is 136 Å². The van der Waals surface area contributed by atoms with Crippen LogP contribution in [0.2, 0.25) is 0 Å². The molecule has 0 atom stereocenters. The molecule has 0 bridgehead atoms. The maximum absolute atomic E-state index is 2.75. The van der Waals surface area contributed by atoms with E-state index in [1.54, 1.807) is 0 Å². The van der Waals surface area contributed by atoms with Crippen LogP contribution < -0.4 is 25.5 Å². The van der Waals surface area contributed by atoms with E-state index in [9.17, 15) is 0 Å². The van der Waals surface area contributed by atoms with Gasteiger partial charge in [0, 0.05) is 43.2 Å². The summed E-state index contributed by atoms with van der Waals surface area (Å²) in [7, 11) is 0. The van der Waals surface area contributed by atoms with Gasteiger partial charge in [-0.25, -0.2) is 0 Å². The maximum Gasteiger partial charge on any atom is 0.264 e. The normalized spacial score (nSPS) is 14.7. The molecular formula is C67H65BN2S. The molecule has 2 aliphatic heterocycles. The lowest BCUT2D eigenvalue weighted by Gasteiger charge is -2.45. The summed E-state index contributed by atoms with van der Waals surface area (Å²) in [5.74, 6) is 0.531. The second-order valence-corrected chi connectivity index (χ2v) is 24.7. The molecule has 0 unspecified atom stereocenters. The van der Waals surface area contributed by atoms with E-state index in [-0.39, 0.29) is 23.0 Å². The average molecular weight is 941 g/mol. The van der Waals surface area contributed by atoms with Crippen molar-refractivity contribution >= 4 is 78.0 Å². The highest BCUT2D eigenvalue weighted by atomic mass is 32.1. The van der Waals surface area contributed by atoms with E-state index in [0.29, 0.717) is 5.92 Å². The van der Waals surface area contributed by atoms with Gasteiger partial charge in [-0.3, -0.25) is 0 Å². The van der Waals surface area contributed by atoms with Crippen molar-refractivity contribution in [1.29, 1.82) is 0 Å². The summed E-state index contributed by atoms with van der Waals surface area (Å²) in [4.78, 5) is 5.36. The first-order valence-electron chi connectivity index (χ1n) is 26.1. The fourth-order valence-electron chi connectivity index (χ4n) is 11.9. The molecule has 0 amide bonds. The molecule has 3 heterocycles. The van der Waals surface area contributed by atoms with E-state index in [4.69, 9.17) is 0 Å². The molecule has 0 saturated heterocycles. The third-order valence-corrected chi connectivity index (χ3v) is 17.1. The quantitative estimate of drug-likeness (QED) is 0.153. The Bertz CT molecular complexity index is 3490. The molecule has 1 aliphatic carbocycles. The third-order valence-electron chi connectivity index (χ3n) is 15.9.